The molecular weight excluding hydrogens is 195 g/mol. The van der Waals surface area contributed by atoms with Crippen molar-refractivity contribution in [2.45, 2.75) is 6.18 Å². The van der Waals surface area contributed by atoms with Gasteiger partial charge < -0.3 is 10.5 Å². The molecule has 2 aromatic heterocycles. The van der Waals surface area contributed by atoms with Gasteiger partial charge in [0.1, 0.15) is 0 Å². The maximum Gasteiger partial charge on any atom is 0.419 e. The number of nitrogens with zero attached hydrogens (tertiary/aromatic N) is 2. The molecule has 0 atom stereocenters. The fraction of sp³-hybridized carbons (Fsp3) is 0.125. The van der Waals surface area contributed by atoms with E-state index in [1.54, 1.807) is 0 Å². The molecule has 1 N–H and O–H groups in total. The first kappa shape index (κ1) is 8.86. The highest BCUT2D eigenvalue weighted by Gasteiger charge is 2.34. The van der Waals surface area contributed by atoms with E-state index in [1.807, 2.05) is 0 Å². The monoisotopic (exact) mass is 200 g/mol. The van der Waals surface area contributed by atoms with Gasteiger partial charge in [-0.3, -0.25) is 4.98 Å². The summed E-state index contributed by atoms with van der Waals surface area (Å²) >= 11 is 0. The summed E-state index contributed by atoms with van der Waals surface area (Å²) in [5, 5.41) is 0. The molecule has 0 spiro atoms. The third kappa shape index (κ3) is 1.19. The molecule has 74 valence electrons. The van der Waals surface area contributed by atoms with E-state index >= 15 is 0 Å². The van der Waals surface area contributed by atoms with Crippen molar-refractivity contribution in [3.63, 3.8) is 0 Å². The van der Waals surface area contributed by atoms with Gasteiger partial charge in [0.15, 0.2) is 0 Å². The molecule has 2 rings (SSSR count). The molecule has 0 bridgehead atoms. The minimum atomic E-state index is -4.46. The summed E-state index contributed by atoms with van der Waals surface area (Å²) in [5.41, 5.74) is -0.905. The summed E-state index contributed by atoms with van der Waals surface area (Å²) in [7, 11) is 0. The Kier molecular flexibility index (Phi) is 1.67. The van der Waals surface area contributed by atoms with Crippen LogP contribution in [0.2, 0.25) is 0 Å². The van der Waals surface area contributed by atoms with Gasteiger partial charge in [-0.1, -0.05) is 0 Å². The van der Waals surface area contributed by atoms with Gasteiger partial charge in [0.05, 0.1) is 16.6 Å². The van der Waals surface area contributed by atoms with E-state index < -0.39 is 11.7 Å². The molecule has 2 heterocycles. The molecule has 0 aliphatic rings. The summed E-state index contributed by atoms with van der Waals surface area (Å²) in [4.78, 5) is 3.61. The zero-order valence-corrected chi connectivity index (χ0v) is 6.84. The predicted molar refractivity (Wildman–Crippen MR) is 44.5 cm³/mol. The second kappa shape index (κ2) is 2.63. The number of alkyl halides is 3. The molecule has 0 saturated heterocycles. The Morgan fingerprint density at radius 1 is 1.36 bits per heavy atom. The van der Waals surface area contributed by atoms with Gasteiger partial charge in [0.2, 0.25) is 0 Å². The van der Waals surface area contributed by atoms with Crippen LogP contribution in [0, 0.1) is 0 Å². The van der Waals surface area contributed by atoms with Crippen molar-refractivity contribution >= 4 is 11.0 Å². The Balaban J connectivity index is 2.80. The number of hydrogen-bond acceptors (Lipinski definition) is 1. The first-order valence-electron chi connectivity index (χ1n) is 3.75. The number of nitrogens with one attached hydrogen (secondary N) is 1. The molecule has 0 unspecified atom stereocenters. The van der Waals surface area contributed by atoms with E-state index in [1.165, 1.54) is 18.3 Å². The number of rotatable bonds is 0. The van der Waals surface area contributed by atoms with Gasteiger partial charge in [0.25, 0.3) is 0 Å². The number of fused-ring (bicyclic) bond motifs is 1. The van der Waals surface area contributed by atoms with Crippen molar-refractivity contribution in [3.05, 3.63) is 35.9 Å². The highest BCUT2D eigenvalue weighted by atomic mass is 19.4. The first-order valence-corrected chi connectivity index (χ1v) is 3.75. The number of pyridine rings is 1. The van der Waals surface area contributed by atoms with Gasteiger partial charge in [-0.05, 0) is 12.1 Å². The van der Waals surface area contributed by atoms with E-state index in [-0.39, 0.29) is 11.0 Å². The zero-order valence-electron chi connectivity index (χ0n) is 6.84. The van der Waals surface area contributed by atoms with Crippen LogP contribution in [0.4, 0.5) is 13.2 Å². The summed E-state index contributed by atoms with van der Waals surface area (Å²) in [6.07, 6.45) is -2.46. The topological polar surface area (TPSA) is 41.6 Å². The van der Waals surface area contributed by atoms with Crippen LogP contribution in [0.25, 0.3) is 16.9 Å². The van der Waals surface area contributed by atoms with Gasteiger partial charge in [0, 0.05) is 12.4 Å². The molecule has 0 aliphatic heterocycles. The molecule has 6 heteroatoms. The quantitative estimate of drug-likeness (QED) is 0.644. The number of aromatic nitrogens is 2. The second-order valence-corrected chi connectivity index (χ2v) is 2.78. The van der Waals surface area contributed by atoms with Crippen LogP contribution in [-0.4, -0.2) is 9.66 Å². The van der Waals surface area contributed by atoms with Crippen molar-refractivity contribution in [1.82, 2.24) is 9.66 Å². The lowest BCUT2D eigenvalue weighted by atomic mass is 10.2. The van der Waals surface area contributed by atoms with Crippen molar-refractivity contribution < 1.29 is 13.2 Å². The van der Waals surface area contributed by atoms with Crippen molar-refractivity contribution in [1.29, 1.82) is 0 Å². The van der Waals surface area contributed by atoms with Crippen LogP contribution < -0.4 is 0 Å². The molecule has 0 saturated carbocycles. The maximum absolute atomic E-state index is 12.4. The van der Waals surface area contributed by atoms with Crippen molar-refractivity contribution in [2.75, 3.05) is 0 Å². The fourth-order valence-corrected chi connectivity index (χ4v) is 1.27. The van der Waals surface area contributed by atoms with Crippen LogP contribution >= 0.6 is 0 Å². The Morgan fingerprint density at radius 2 is 2.07 bits per heavy atom. The van der Waals surface area contributed by atoms with Gasteiger partial charge in [-0.15, -0.1) is 0 Å². The van der Waals surface area contributed by atoms with Crippen LogP contribution in [0.15, 0.2) is 24.5 Å². The molecule has 14 heavy (non-hydrogen) atoms. The third-order valence-corrected chi connectivity index (χ3v) is 1.86. The Hall–Kier alpha value is -1.72. The van der Waals surface area contributed by atoms with E-state index in [9.17, 15) is 13.2 Å². The lowest BCUT2D eigenvalue weighted by molar-refractivity contribution is -0.136. The Morgan fingerprint density at radius 3 is 2.71 bits per heavy atom. The molecule has 2 aromatic rings. The lowest BCUT2D eigenvalue weighted by Gasteiger charge is -2.03. The molecular formula is C8H5F3N3-. The van der Waals surface area contributed by atoms with Crippen LogP contribution in [0.5, 0.6) is 0 Å². The minimum absolute atomic E-state index is 0.153. The lowest BCUT2D eigenvalue weighted by Crippen LogP contribution is -2.03. The Labute approximate surface area is 76.9 Å². The third-order valence-electron chi connectivity index (χ3n) is 1.86. The van der Waals surface area contributed by atoms with Gasteiger partial charge >= 0.3 is 6.18 Å². The first-order chi connectivity index (χ1) is 6.50. The van der Waals surface area contributed by atoms with Crippen LogP contribution in [0.1, 0.15) is 5.56 Å². The van der Waals surface area contributed by atoms with Gasteiger partial charge in [-0.2, -0.15) is 13.2 Å². The predicted octanol–water partition coefficient (Wildman–Crippen LogP) is 2.87. The average molecular weight is 200 g/mol. The normalized spacial score (nSPS) is 12.2. The highest BCUT2D eigenvalue weighted by molar-refractivity contribution is 5.80. The Bertz CT molecular complexity index is 472. The van der Waals surface area contributed by atoms with E-state index in [0.717, 1.165) is 6.20 Å². The van der Waals surface area contributed by atoms with E-state index in [0.29, 0.717) is 4.68 Å². The minimum Gasteiger partial charge on any atom is -0.631 e. The van der Waals surface area contributed by atoms with E-state index in [2.05, 4.69) is 4.98 Å². The molecule has 0 radical (unpaired) electrons. The molecule has 3 nitrogen and oxygen atoms in total. The summed E-state index contributed by atoms with van der Waals surface area (Å²) in [5.74, 6) is 7.24. The molecule has 0 fully saturated rings. The van der Waals surface area contributed by atoms with Crippen LogP contribution in [-0.2, 0) is 6.18 Å². The number of halogens is 3. The molecule has 0 aromatic carbocycles. The summed E-state index contributed by atoms with van der Waals surface area (Å²) in [6, 6.07) is 2.91. The average Bonchev–Trinajstić information content (AvgIpc) is 2.44. The zero-order chi connectivity index (χ0) is 10.3. The van der Waals surface area contributed by atoms with Crippen LogP contribution in [0.3, 0.4) is 0 Å². The van der Waals surface area contributed by atoms with E-state index in [4.69, 9.17) is 5.84 Å². The molecule has 0 amide bonds. The molecule has 0 aliphatic carbocycles. The highest BCUT2D eigenvalue weighted by Crippen LogP contribution is 2.34. The summed E-state index contributed by atoms with van der Waals surface area (Å²) < 4.78 is 37.9. The largest absolute Gasteiger partial charge is 0.631 e. The van der Waals surface area contributed by atoms with Gasteiger partial charge in [-0.25, -0.2) is 0 Å². The standard InChI is InChI=1S/C8H5F3N3/c9-8(10,11)5-4-14(12)6-2-1-3-13-7(5)6/h1-4,12H/q-1. The fourth-order valence-electron chi connectivity index (χ4n) is 1.27. The SMILES string of the molecule is [NH-]n1cc(C(F)(F)F)c2ncccc21. The number of hydrogen-bond donors (Lipinski definition) is 0. The van der Waals surface area contributed by atoms with Crippen molar-refractivity contribution in [3.8, 4) is 0 Å². The maximum atomic E-state index is 12.4. The summed E-state index contributed by atoms with van der Waals surface area (Å²) in [6.45, 7) is 0. The van der Waals surface area contributed by atoms with Crippen molar-refractivity contribution in [2.24, 2.45) is 0 Å². The second-order valence-electron chi connectivity index (χ2n) is 2.78. The smallest absolute Gasteiger partial charge is 0.419 e.